The standard InChI is InChI=1S/C20H22N2O7/c1-4-11-6-13-12(7-16(24)29-15(13)8-14(11)23)10-28-17(25)9-22-18(26)20(3,5-2)21-19(22)27/h6-8,23H,4-5,9-10H2,1-3H3,(H,21,27)/t20-/m1/s1. The zero-order valence-corrected chi connectivity index (χ0v) is 16.4. The van der Waals surface area contributed by atoms with Crippen molar-refractivity contribution < 1.29 is 28.6 Å². The van der Waals surface area contributed by atoms with Crippen LogP contribution in [0.5, 0.6) is 5.75 Å². The number of esters is 1. The highest BCUT2D eigenvalue weighted by Crippen LogP contribution is 2.27. The molecule has 1 aromatic heterocycles. The van der Waals surface area contributed by atoms with Gasteiger partial charge in [0.25, 0.3) is 5.91 Å². The van der Waals surface area contributed by atoms with Crippen LogP contribution in [0.25, 0.3) is 11.0 Å². The van der Waals surface area contributed by atoms with Gasteiger partial charge in [0.15, 0.2) is 0 Å². The Balaban J connectivity index is 1.77. The number of hydrogen-bond donors (Lipinski definition) is 2. The number of benzene rings is 1. The molecule has 2 aromatic rings. The van der Waals surface area contributed by atoms with Crippen molar-refractivity contribution >= 4 is 28.9 Å². The Kier molecular flexibility index (Phi) is 5.32. The average Bonchev–Trinajstić information content (AvgIpc) is 2.89. The van der Waals surface area contributed by atoms with Crippen LogP contribution in [-0.2, 0) is 27.4 Å². The molecule has 0 saturated carbocycles. The number of ether oxygens (including phenoxy) is 1. The molecule has 1 fully saturated rings. The largest absolute Gasteiger partial charge is 0.508 e. The molecule has 9 heteroatoms. The molecule has 2 N–H and O–H groups in total. The molecule has 1 aromatic carbocycles. The van der Waals surface area contributed by atoms with Gasteiger partial charge in [-0.2, -0.15) is 0 Å². The van der Waals surface area contributed by atoms with Crippen LogP contribution in [0.15, 0.2) is 27.4 Å². The number of nitrogens with one attached hydrogen (secondary N) is 1. The van der Waals surface area contributed by atoms with Gasteiger partial charge in [-0.25, -0.2) is 9.59 Å². The molecule has 1 aliphatic rings. The van der Waals surface area contributed by atoms with Gasteiger partial charge in [0, 0.05) is 23.1 Å². The molecule has 0 aliphatic carbocycles. The summed E-state index contributed by atoms with van der Waals surface area (Å²) in [5, 5.41) is 13.0. The van der Waals surface area contributed by atoms with E-state index in [0.29, 0.717) is 29.4 Å². The maximum absolute atomic E-state index is 12.4. The number of carbonyl (C=O) groups excluding carboxylic acids is 3. The first kappa shape index (κ1) is 20.4. The smallest absolute Gasteiger partial charge is 0.336 e. The summed E-state index contributed by atoms with van der Waals surface area (Å²) in [5.74, 6) is -1.27. The zero-order valence-electron chi connectivity index (χ0n) is 16.4. The summed E-state index contributed by atoms with van der Waals surface area (Å²) in [6.45, 7) is 4.44. The molecule has 1 atom stereocenters. The monoisotopic (exact) mass is 402 g/mol. The number of phenolic OH excluding ortho intramolecular Hbond substituents is 1. The van der Waals surface area contributed by atoms with E-state index in [2.05, 4.69) is 5.32 Å². The Morgan fingerprint density at radius 2 is 1.93 bits per heavy atom. The summed E-state index contributed by atoms with van der Waals surface area (Å²) < 4.78 is 10.3. The molecule has 2 heterocycles. The van der Waals surface area contributed by atoms with Crippen molar-refractivity contribution in [1.29, 1.82) is 0 Å². The van der Waals surface area contributed by atoms with Crippen LogP contribution in [0.3, 0.4) is 0 Å². The van der Waals surface area contributed by atoms with Gasteiger partial charge >= 0.3 is 17.6 Å². The molecule has 1 saturated heterocycles. The molecule has 3 rings (SSSR count). The fourth-order valence-electron chi connectivity index (χ4n) is 3.17. The van der Waals surface area contributed by atoms with Crippen LogP contribution in [0.2, 0.25) is 0 Å². The number of imide groups is 1. The zero-order chi connectivity index (χ0) is 21.3. The van der Waals surface area contributed by atoms with Crippen molar-refractivity contribution in [1.82, 2.24) is 10.2 Å². The molecule has 0 spiro atoms. The molecule has 0 unspecified atom stereocenters. The van der Waals surface area contributed by atoms with Crippen molar-refractivity contribution in [2.75, 3.05) is 6.54 Å². The maximum atomic E-state index is 12.4. The quantitative estimate of drug-likeness (QED) is 0.429. The van der Waals surface area contributed by atoms with Crippen molar-refractivity contribution in [3.63, 3.8) is 0 Å². The van der Waals surface area contributed by atoms with Gasteiger partial charge in [-0.3, -0.25) is 14.5 Å². The van der Waals surface area contributed by atoms with Crippen LogP contribution < -0.4 is 10.9 Å². The second kappa shape index (κ2) is 7.57. The predicted octanol–water partition coefficient (Wildman–Crippen LogP) is 1.82. The lowest BCUT2D eigenvalue weighted by Gasteiger charge is -2.18. The highest BCUT2D eigenvalue weighted by molar-refractivity contribution is 6.08. The first-order valence-corrected chi connectivity index (χ1v) is 9.27. The first-order valence-electron chi connectivity index (χ1n) is 9.27. The summed E-state index contributed by atoms with van der Waals surface area (Å²) in [7, 11) is 0. The lowest BCUT2D eigenvalue weighted by atomic mass is 9.99. The predicted molar refractivity (Wildman–Crippen MR) is 102 cm³/mol. The fraction of sp³-hybridized carbons (Fsp3) is 0.400. The molecule has 29 heavy (non-hydrogen) atoms. The number of nitrogens with zero attached hydrogens (tertiary/aromatic N) is 1. The Bertz CT molecular complexity index is 1060. The molecule has 0 radical (unpaired) electrons. The van der Waals surface area contributed by atoms with Gasteiger partial charge < -0.3 is 19.6 Å². The van der Waals surface area contributed by atoms with E-state index < -0.39 is 35.6 Å². The minimum Gasteiger partial charge on any atom is -0.508 e. The van der Waals surface area contributed by atoms with E-state index in [-0.39, 0.29) is 17.9 Å². The first-order chi connectivity index (χ1) is 13.7. The molecule has 154 valence electrons. The second-order valence-corrected chi connectivity index (χ2v) is 7.09. The number of phenols is 1. The lowest BCUT2D eigenvalue weighted by molar-refractivity contribution is -0.148. The fourth-order valence-corrected chi connectivity index (χ4v) is 3.17. The maximum Gasteiger partial charge on any atom is 0.336 e. The highest BCUT2D eigenvalue weighted by Gasteiger charge is 2.47. The van der Waals surface area contributed by atoms with E-state index in [1.807, 2.05) is 6.92 Å². The lowest BCUT2D eigenvalue weighted by Crippen LogP contribution is -2.43. The van der Waals surface area contributed by atoms with Gasteiger partial charge in [-0.1, -0.05) is 13.8 Å². The Labute approximate surface area is 166 Å². The van der Waals surface area contributed by atoms with E-state index in [1.54, 1.807) is 19.9 Å². The normalized spacial score (nSPS) is 18.9. The molecule has 9 nitrogen and oxygen atoms in total. The number of aryl methyl sites for hydroxylation is 1. The minimum atomic E-state index is -1.04. The highest BCUT2D eigenvalue weighted by atomic mass is 16.5. The van der Waals surface area contributed by atoms with Crippen LogP contribution >= 0.6 is 0 Å². The third-order valence-corrected chi connectivity index (χ3v) is 5.14. The second-order valence-electron chi connectivity index (χ2n) is 7.09. The Hall–Kier alpha value is -3.36. The molecular weight excluding hydrogens is 380 g/mol. The molecule has 3 amide bonds. The van der Waals surface area contributed by atoms with Gasteiger partial charge in [-0.05, 0) is 31.4 Å². The van der Waals surface area contributed by atoms with E-state index in [0.717, 1.165) is 4.90 Å². The molecule has 0 bridgehead atoms. The van der Waals surface area contributed by atoms with Crippen LogP contribution in [0, 0.1) is 0 Å². The van der Waals surface area contributed by atoms with Crippen molar-refractivity contribution in [3.8, 4) is 5.75 Å². The van der Waals surface area contributed by atoms with Crippen LogP contribution in [-0.4, -0.2) is 40.0 Å². The van der Waals surface area contributed by atoms with Gasteiger partial charge in [0.05, 0.1) is 0 Å². The molecule has 1 aliphatic heterocycles. The van der Waals surface area contributed by atoms with Crippen LogP contribution in [0.4, 0.5) is 4.79 Å². The molecular formula is C20H22N2O7. The van der Waals surface area contributed by atoms with Crippen molar-refractivity contribution in [2.24, 2.45) is 0 Å². The number of fused-ring (bicyclic) bond motifs is 1. The number of urea groups is 1. The number of aromatic hydroxyl groups is 1. The minimum absolute atomic E-state index is 0.00910. The third-order valence-electron chi connectivity index (χ3n) is 5.14. The SMILES string of the molecule is CCc1cc2c(COC(=O)CN3C(=O)N[C@](C)(CC)C3=O)cc(=O)oc2cc1O. The van der Waals surface area contributed by atoms with Crippen LogP contribution in [0.1, 0.15) is 38.3 Å². The van der Waals surface area contributed by atoms with E-state index >= 15 is 0 Å². The number of carbonyl (C=O) groups is 3. The summed E-state index contributed by atoms with van der Waals surface area (Å²) in [5.41, 5.74) is -0.470. The van der Waals surface area contributed by atoms with E-state index in [4.69, 9.17) is 9.15 Å². The third kappa shape index (κ3) is 3.80. The topological polar surface area (TPSA) is 126 Å². The van der Waals surface area contributed by atoms with Crippen molar-refractivity contribution in [3.05, 3.63) is 39.7 Å². The Morgan fingerprint density at radius 3 is 2.55 bits per heavy atom. The van der Waals surface area contributed by atoms with E-state index in [1.165, 1.54) is 12.1 Å². The summed E-state index contributed by atoms with van der Waals surface area (Å²) in [6.07, 6.45) is 0.948. The Morgan fingerprint density at radius 1 is 1.21 bits per heavy atom. The van der Waals surface area contributed by atoms with Gasteiger partial charge in [0.1, 0.15) is 30.0 Å². The summed E-state index contributed by atoms with van der Waals surface area (Å²) in [4.78, 5) is 49.2. The number of rotatable bonds is 6. The number of amides is 3. The average molecular weight is 402 g/mol. The van der Waals surface area contributed by atoms with Gasteiger partial charge in [0.2, 0.25) is 0 Å². The summed E-state index contributed by atoms with van der Waals surface area (Å²) >= 11 is 0. The summed E-state index contributed by atoms with van der Waals surface area (Å²) in [6, 6.07) is 3.57. The number of hydrogen-bond acceptors (Lipinski definition) is 7. The van der Waals surface area contributed by atoms with Gasteiger partial charge in [-0.15, -0.1) is 0 Å². The van der Waals surface area contributed by atoms with Crippen molar-refractivity contribution in [2.45, 2.75) is 45.8 Å². The van der Waals surface area contributed by atoms with E-state index in [9.17, 15) is 24.3 Å².